The minimum absolute atomic E-state index is 1.02. The molecule has 2 heterocycles. The lowest BCUT2D eigenvalue weighted by molar-refractivity contribution is -0.660. The fourth-order valence-corrected chi connectivity index (χ4v) is 2.71. The van der Waals surface area contributed by atoms with E-state index in [1.165, 1.54) is 27.9 Å². The van der Waals surface area contributed by atoms with Crippen LogP contribution in [0.1, 0.15) is 11.1 Å². The van der Waals surface area contributed by atoms with E-state index in [1.54, 1.807) is 0 Å². The third kappa shape index (κ3) is 2.57. The monoisotopic (exact) mass is 275 g/mol. The van der Waals surface area contributed by atoms with Crippen LogP contribution in [0.25, 0.3) is 22.5 Å². The van der Waals surface area contributed by atoms with E-state index in [0.29, 0.717) is 0 Å². The molecule has 21 heavy (non-hydrogen) atoms. The highest BCUT2D eigenvalue weighted by atomic mass is 14.9. The Kier molecular flexibility index (Phi) is 3.53. The van der Waals surface area contributed by atoms with Crippen LogP contribution < -0.4 is 4.57 Å². The lowest BCUT2D eigenvalue weighted by Crippen LogP contribution is -2.31. The highest BCUT2D eigenvalue weighted by Crippen LogP contribution is 2.26. The van der Waals surface area contributed by atoms with Crippen LogP contribution in [0.4, 0.5) is 0 Å². The molecule has 0 atom stereocenters. The molecular weight excluding hydrogens is 256 g/mol. The largest absolute Gasteiger partial charge is 0.256 e. The molecule has 0 saturated heterocycles. The second-order valence-electron chi connectivity index (χ2n) is 5.40. The summed E-state index contributed by atoms with van der Waals surface area (Å²) in [5, 5.41) is 0. The maximum Gasteiger partial charge on any atom is 0.213 e. The second-order valence-corrected chi connectivity index (χ2v) is 5.40. The first kappa shape index (κ1) is 13.5. The Morgan fingerprint density at radius 3 is 2.33 bits per heavy atom. The predicted molar refractivity (Wildman–Crippen MR) is 85.8 cm³/mol. The summed E-state index contributed by atoms with van der Waals surface area (Å²) in [7, 11) is 2.09. The molecule has 2 heteroatoms. The zero-order valence-electron chi connectivity index (χ0n) is 12.7. The van der Waals surface area contributed by atoms with Crippen LogP contribution in [0.5, 0.6) is 0 Å². The van der Waals surface area contributed by atoms with Gasteiger partial charge in [0.1, 0.15) is 7.05 Å². The molecule has 104 valence electrons. The molecule has 0 radical (unpaired) electrons. The van der Waals surface area contributed by atoms with E-state index in [0.717, 1.165) is 5.69 Å². The molecule has 0 aliphatic rings. The van der Waals surface area contributed by atoms with Gasteiger partial charge in [0.2, 0.25) is 5.69 Å². The van der Waals surface area contributed by atoms with Crippen molar-refractivity contribution in [3.63, 3.8) is 0 Å². The van der Waals surface area contributed by atoms with Crippen LogP contribution in [-0.4, -0.2) is 4.98 Å². The van der Waals surface area contributed by atoms with Crippen molar-refractivity contribution in [2.45, 2.75) is 13.8 Å². The van der Waals surface area contributed by atoms with Crippen molar-refractivity contribution >= 4 is 0 Å². The fraction of sp³-hybridized carbons (Fsp3) is 0.158. The number of rotatable bonds is 2. The molecule has 3 aromatic rings. The lowest BCUT2D eigenvalue weighted by atomic mass is 10.00. The fourth-order valence-electron chi connectivity index (χ4n) is 2.71. The van der Waals surface area contributed by atoms with Gasteiger partial charge in [0.15, 0.2) is 6.20 Å². The molecule has 0 spiro atoms. The van der Waals surface area contributed by atoms with Gasteiger partial charge >= 0.3 is 0 Å². The number of pyridine rings is 2. The van der Waals surface area contributed by atoms with Gasteiger partial charge in [0.05, 0.1) is 5.69 Å². The smallest absolute Gasteiger partial charge is 0.213 e. The van der Waals surface area contributed by atoms with E-state index in [9.17, 15) is 0 Å². The quantitative estimate of drug-likeness (QED) is 0.649. The summed E-state index contributed by atoms with van der Waals surface area (Å²) < 4.78 is 2.18. The van der Waals surface area contributed by atoms with Gasteiger partial charge < -0.3 is 0 Å². The van der Waals surface area contributed by atoms with E-state index in [-0.39, 0.29) is 0 Å². The summed E-state index contributed by atoms with van der Waals surface area (Å²) in [6.45, 7) is 4.28. The van der Waals surface area contributed by atoms with Gasteiger partial charge in [-0.05, 0) is 37.6 Å². The van der Waals surface area contributed by atoms with Crippen LogP contribution in [0, 0.1) is 13.8 Å². The van der Waals surface area contributed by atoms with Gasteiger partial charge in [-0.3, -0.25) is 4.98 Å². The zero-order chi connectivity index (χ0) is 14.8. The standard InChI is InChI=1S/C19H19N2/c1-14-8-4-5-9-16(14)19-12-17(15(2)13-21(19)3)18-10-6-7-11-20-18/h4-13H,1-3H3/q+1. The van der Waals surface area contributed by atoms with E-state index in [1.807, 2.05) is 18.3 Å². The van der Waals surface area contributed by atoms with Crippen molar-refractivity contribution in [3.8, 4) is 22.5 Å². The topological polar surface area (TPSA) is 16.8 Å². The Bertz CT molecular complexity index is 777. The minimum Gasteiger partial charge on any atom is -0.256 e. The molecule has 2 aromatic heterocycles. The van der Waals surface area contributed by atoms with Crippen LogP contribution in [0.3, 0.4) is 0 Å². The van der Waals surface area contributed by atoms with Gasteiger partial charge in [0.25, 0.3) is 0 Å². The summed E-state index contributed by atoms with van der Waals surface area (Å²) in [5.74, 6) is 0. The number of aromatic nitrogens is 2. The van der Waals surface area contributed by atoms with E-state index < -0.39 is 0 Å². The SMILES string of the molecule is Cc1c[n+](C)c(-c2ccccc2C)cc1-c1ccccn1. The summed E-state index contributed by atoms with van der Waals surface area (Å²) in [4.78, 5) is 4.49. The first-order valence-electron chi connectivity index (χ1n) is 7.14. The van der Waals surface area contributed by atoms with Crippen molar-refractivity contribution in [1.82, 2.24) is 4.98 Å². The van der Waals surface area contributed by atoms with E-state index >= 15 is 0 Å². The Balaban J connectivity index is 2.22. The average Bonchev–Trinajstić information content (AvgIpc) is 2.49. The zero-order valence-corrected chi connectivity index (χ0v) is 12.7. The number of nitrogens with zero attached hydrogens (tertiary/aromatic N) is 2. The van der Waals surface area contributed by atoms with Crippen molar-refractivity contribution in [2.75, 3.05) is 0 Å². The van der Waals surface area contributed by atoms with E-state index in [4.69, 9.17) is 0 Å². The summed E-state index contributed by atoms with van der Waals surface area (Å²) in [5.41, 5.74) is 7.19. The second kappa shape index (κ2) is 5.49. The molecule has 0 amide bonds. The van der Waals surface area contributed by atoms with Crippen molar-refractivity contribution < 1.29 is 4.57 Å². The van der Waals surface area contributed by atoms with Crippen LogP contribution in [0.2, 0.25) is 0 Å². The first-order chi connectivity index (χ1) is 10.2. The van der Waals surface area contributed by atoms with Gasteiger partial charge in [-0.15, -0.1) is 0 Å². The highest BCUT2D eigenvalue weighted by molar-refractivity contribution is 5.70. The van der Waals surface area contributed by atoms with Crippen LogP contribution in [-0.2, 0) is 7.05 Å². The Labute approximate surface area is 125 Å². The van der Waals surface area contributed by atoms with Gasteiger partial charge in [-0.25, -0.2) is 4.57 Å². The summed E-state index contributed by atoms with van der Waals surface area (Å²) >= 11 is 0. The Hall–Kier alpha value is -2.48. The number of benzene rings is 1. The molecule has 0 unspecified atom stereocenters. The number of hydrogen-bond donors (Lipinski definition) is 0. The molecule has 0 aliphatic heterocycles. The molecule has 0 N–H and O–H groups in total. The van der Waals surface area contributed by atoms with Crippen LogP contribution >= 0.6 is 0 Å². The van der Waals surface area contributed by atoms with Crippen LogP contribution in [0.15, 0.2) is 60.9 Å². The molecule has 2 nitrogen and oxygen atoms in total. The first-order valence-corrected chi connectivity index (χ1v) is 7.14. The van der Waals surface area contributed by atoms with Crippen molar-refractivity contribution in [3.05, 3.63) is 72.1 Å². The summed E-state index contributed by atoms with van der Waals surface area (Å²) in [6.07, 6.45) is 4.01. The van der Waals surface area contributed by atoms with Crippen molar-refractivity contribution in [2.24, 2.45) is 7.05 Å². The van der Waals surface area contributed by atoms with Crippen molar-refractivity contribution in [1.29, 1.82) is 0 Å². The normalized spacial score (nSPS) is 10.6. The van der Waals surface area contributed by atoms with E-state index in [2.05, 4.69) is 73.0 Å². The molecular formula is C19H19N2+. The number of hydrogen-bond acceptors (Lipinski definition) is 1. The Morgan fingerprint density at radius 2 is 1.62 bits per heavy atom. The van der Waals surface area contributed by atoms with Gasteiger partial charge in [-0.2, -0.15) is 0 Å². The molecule has 0 fully saturated rings. The third-order valence-corrected chi connectivity index (χ3v) is 3.84. The predicted octanol–water partition coefficient (Wildman–Crippen LogP) is 3.86. The number of aryl methyl sites for hydroxylation is 3. The Morgan fingerprint density at radius 1 is 0.857 bits per heavy atom. The molecule has 0 bridgehead atoms. The van der Waals surface area contributed by atoms with Gasteiger partial charge in [-0.1, -0.05) is 24.3 Å². The lowest BCUT2D eigenvalue weighted by Gasteiger charge is -2.09. The summed E-state index contributed by atoms with van der Waals surface area (Å²) in [6, 6.07) is 16.8. The third-order valence-electron chi connectivity index (χ3n) is 3.84. The highest BCUT2D eigenvalue weighted by Gasteiger charge is 2.16. The molecule has 1 aromatic carbocycles. The molecule has 0 aliphatic carbocycles. The minimum atomic E-state index is 1.02. The molecule has 3 rings (SSSR count). The maximum atomic E-state index is 4.49. The maximum absolute atomic E-state index is 4.49. The average molecular weight is 275 g/mol. The van der Waals surface area contributed by atoms with Gasteiger partial charge in [0, 0.05) is 29.0 Å². The molecule has 0 saturated carbocycles.